The van der Waals surface area contributed by atoms with Crippen LogP contribution < -0.4 is 6.15 Å². The fourth-order valence-corrected chi connectivity index (χ4v) is 2.12. The van der Waals surface area contributed by atoms with E-state index in [2.05, 4.69) is 0 Å². The SMILES string of the molecule is C1CCCCCCCCCCC1.N. The van der Waals surface area contributed by atoms with Crippen LogP contribution in [0.1, 0.15) is 77.0 Å². The molecule has 1 fully saturated rings. The third-order valence-corrected chi connectivity index (χ3v) is 3.00. The van der Waals surface area contributed by atoms with Gasteiger partial charge in [-0.1, -0.05) is 77.0 Å². The molecule has 1 aliphatic carbocycles. The van der Waals surface area contributed by atoms with Gasteiger partial charge in [0, 0.05) is 0 Å². The van der Waals surface area contributed by atoms with E-state index in [1.807, 2.05) is 0 Å². The van der Waals surface area contributed by atoms with Gasteiger partial charge in [-0.05, 0) is 0 Å². The summed E-state index contributed by atoms with van der Waals surface area (Å²) in [6.07, 6.45) is 18.0. The summed E-state index contributed by atoms with van der Waals surface area (Å²) >= 11 is 0. The van der Waals surface area contributed by atoms with Crippen LogP contribution in [0.3, 0.4) is 0 Å². The summed E-state index contributed by atoms with van der Waals surface area (Å²) in [6, 6.07) is 0. The average Bonchev–Trinajstić information content (AvgIpc) is 2.05. The second-order valence-electron chi connectivity index (χ2n) is 4.24. The lowest BCUT2D eigenvalue weighted by molar-refractivity contribution is 0.504. The molecule has 0 atom stereocenters. The van der Waals surface area contributed by atoms with Crippen LogP contribution in [0.15, 0.2) is 0 Å². The molecule has 0 aliphatic heterocycles. The summed E-state index contributed by atoms with van der Waals surface area (Å²) in [5.41, 5.74) is 0. The minimum absolute atomic E-state index is 0. The lowest BCUT2D eigenvalue weighted by atomic mass is 10.0. The number of hydrogen-bond acceptors (Lipinski definition) is 1. The fraction of sp³-hybridized carbons (Fsp3) is 1.00. The molecule has 0 radical (unpaired) electrons. The van der Waals surface area contributed by atoms with Gasteiger partial charge in [-0.25, -0.2) is 0 Å². The van der Waals surface area contributed by atoms with Crippen molar-refractivity contribution < 1.29 is 0 Å². The number of rotatable bonds is 0. The van der Waals surface area contributed by atoms with E-state index < -0.39 is 0 Å². The van der Waals surface area contributed by atoms with Crippen molar-refractivity contribution in [2.45, 2.75) is 77.0 Å². The quantitative estimate of drug-likeness (QED) is 0.575. The van der Waals surface area contributed by atoms with Gasteiger partial charge in [0.05, 0.1) is 0 Å². The highest BCUT2D eigenvalue weighted by atomic mass is 14.0. The Labute approximate surface area is 83.9 Å². The molecule has 0 spiro atoms. The van der Waals surface area contributed by atoms with Crippen molar-refractivity contribution in [3.63, 3.8) is 0 Å². The topological polar surface area (TPSA) is 35.0 Å². The predicted octanol–water partition coefficient (Wildman–Crippen LogP) is 4.84. The summed E-state index contributed by atoms with van der Waals surface area (Å²) in [7, 11) is 0. The molecular weight excluding hydrogens is 158 g/mol. The Morgan fingerprint density at radius 2 is 0.308 bits per heavy atom. The summed E-state index contributed by atoms with van der Waals surface area (Å²) in [5.74, 6) is 0. The molecule has 1 heteroatoms. The van der Waals surface area contributed by atoms with Crippen LogP contribution in [0, 0.1) is 0 Å². The van der Waals surface area contributed by atoms with Crippen LogP contribution in [-0.2, 0) is 0 Å². The Balaban J connectivity index is 0.00000144. The van der Waals surface area contributed by atoms with Crippen molar-refractivity contribution in [1.82, 2.24) is 6.15 Å². The first kappa shape index (κ1) is 13.0. The van der Waals surface area contributed by atoms with Crippen molar-refractivity contribution in [3.8, 4) is 0 Å². The first-order valence-corrected chi connectivity index (χ1v) is 6.00. The van der Waals surface area contributed by atoms with E-state index in [9.17, 15) is 0 Å². The summed E-state index contributed by atoms with van der Waals surface area (Å²) < 4.78 is 0. The first-order chi connectivity index (χ1) is 6.00. The largest absolute Gasteiger partial charge is 0.344 e. The van der Waals surface area contributed by atoms with Gasteiger partial charge in [0.1, 0.15) is 0 Å². The van der Waals surface area contributed by atoms with E-state index in [0.29, 0.717) is 0 Å². The zero-order chi connectivity index (χ0) is 8.49. The van der Waals surface area contributed by atoms with Gasteiger partial charge in [-0.15, -0.1) is 0 Å². The summed E-state index contributed by atoms with van der Waals surface area (Å²) in [6.45, 7) is 0. The molecule has 1 aliphatic rings. The third-order valence-electron chi connectivity index (χ3n) is 3.00. The second kappa shape index (κ2) is 10.0. The maximum Gasteiger partial charge on any atom is -0.0533 e. The van der Waals surface area contributed by atoms with Crippen molar-refractivity contribution in [1.29, 1.82) is 0 Å². The van der Waals surface area contributed by atoms with E-state index in [1.165, 1.54) is 77.0 Å². The molecular formula is C12H27N. The number of hydrogen-bond donors (Lipinski definition) is 1. The van der Waals surface area contributed by atoms with Crippen LogP contribution in [0.5, 0.6) is 0 Å². The molecule has 80 valence electrons. The monoisotopic (exact) mass is 185 g/mol. The highest BCUT2D eigenvalue weighted by Crippen LogP contribution is 2.15. The highest BCUT2D eigenvalue weighted by Gasteiger charge is 1.96. The third kappa shape index (κ3) is 8.29. The van der Waals surface area contributed by atoms with Gasteiger partial charge in [0.2, 0.25) is 0 Å². The van der Waals surface area contributed by atoms with E-state index in [1.54, 1.807) is 0 Å². The normalized spacial score (nSPS) is 22.2. The van der Waals surface area contributed by atoms with Crippen molar-refractivity contribution in [2.75, 3.05) is 0 Å². The lowest BCUT2D eigenvalue weighted by Crippen LogP contribution is -1.85. The van der Waals surface area contributed by atoms with Crippen molar-refractivity contribution in [2.24, 2.45) is 0 Å². The predicted molar refractivity (Wildman–Crippen MR) is 60.4 cm³/mol. The van der Waals surface area contributed by atoms with E-state index in [4.69, 9.17) is 0 Å². The fourth-order valence-electron chi connectivity index (χ4n) is 2.12. The van der Waals surface area contributed by atoms with Crippen LogP contribution >= 0.6 is 0 Å². The van der Waals surface area contributed by atoms with Crippen molar-refractivity contribution >= 4 is 0 Å². The average molecular weight is 185 g/mol. The van der Waals surface area contributed by atoms with Gasteiger partial charge in [-0.2, -0.15) is 0 Å². The maximum atomic E-state index is 1.50. The molecule has 0 unspecified atom stereocenters. The molecule has 13 heavy (non-hydrogen) atoms. The molecule has 1 nitrogen and oxygen atoms in total. The summed E-state index contributed by atoms with van der Waals surface area (Å²) in [5, 5.41) is 0. The second-order valence-corrected chi connectivity index (χ2v) is 4.24. The zero-order valence-electron chi connectivity index (χ0n) is 9.19. The molecule has 0 aromatic heterocycles. The Kier molecular flexibility index (Phi) is 10.0. The van der Waals surface area contributed by atoms with E-state index in [0.717, 1.165) is 0 Å². The Morgan fingerprint density at radius 3 is 0.385 bits per heavy atom. The molecule has 0 aromatic rings. The van der Waals surface area contributed by atoms with Gasteiger partial charge in [0.15, 0.2) is 0 Å². The molecule has 0 amide bonds. The molecule has 1 saturated carbocycles. The van der Waals surface area contributed by atoms with Gasteiger partial charge in [-0.3, -0.25) is 0 Å². The first-order valence-electron chi connectivity index (χ1n) is 6.00. The zero-order valence-corrected chi connectivity index (χ0v) is 9.19. The molecule has 3 N–H and O–H groups in total. The Hall–Kier alpha value is -0.0400. The minimum Gasteiger partial charge on any atom is -0.344 e. The smallest absolute Gasteiger partial charge is 0.0533 e. The van der Waals surface area contributed by atoms with Crippen LogP contribution in [-0.4, -0.2) is 0 Å². The summed E-state index contributed by atoms with van der Waals surface area (Å²) in [4.78, 5) is 0. The molecule has 0 saturated heterocycles. The minimum atomic E-state index is 0. The molecule has 0 aromatic carbocycles. The lowest BCUT2D eigenvalue weighted by Gasteiger charge is -2.05. The Bertz CT molecular complexity index is 48.1. The van der Waals surface area contributed by atoms with Gasteiger partial charge in [0.25, 0.3) is 0 Å². The molecule has 0 heterocycles. The molecule has 0 bridgehead atoms. The van der Waals surface area contributed by atoms with Gasteiger partial charge >= 0.3 is 0 Å². The van der Waals surface area contributed by atoms with Crippen LogP contribution in [0.4, 0.5) is 0 Å². The van der Waals surface area contributed by atoms with E-state index >= 15 is 0 Å². The molecule has 1 rings (SSSR count). The van der Waals surface area contributed by atoms with Crippen LogP contribution in [0.25, 0.3) is 0 Å². The van der Waals surface area contributed by atoms with Crippen molar-refractivity contribution in [3.05, 3.63) is 0 Å². The van der Waals surface area contributed by atoms with Crippen LogP contribution in [0.2, 0.25) is 0 Å². The maximum absolute atomic E-state index is 1.50. The highest BCUT2D eigenvalue weighted by molar-refractivity contribution is 4.51. The van der Waals surface area contributed by atoms with Gasteiger partial charge < -0.3 is 6.15 Å². The Morgan fingerprint density at radius 1 is 0.231 bits per heavy atom. The standard InChI is InChI=1S/C12H24.H3N/c1-2-4-6-8-10-12-11-9-7-5-3-1;/h1-12H2;1H3. The van der Waals surface area contributed by atoms with E-state index in [-0.39, 0.29) is 6.15 Å².